The van der Waals surface area contributed by atoms with Gasteiger partial charge in [-0.2, -0.15) is 0 Å². The van der Waals surface area contributed by atoms with Gasteiger partial charge in [0, 0.05) is 25.3 Å². The van der Waals surface area contributed by atoms with Gasteiger partial charge in [0.1, 0.15) is 5.75 Å². The Morgan fingerprint density at radius 3 is 2.70 bits per heavy atom. The van der Waals surface area contributed by atoms with E-state index in [1.807, 2.05) is 19.1 Å². The molecule has 1 atom stereocenters. The second-order valence-corrected chi connectivity index (χ2v) is 5.05. The zero-order valence-corrected chi connectivity index (χ0v) is 12.8. The molecule has 0 aromatic heterocycles. The summed E-state index contributed by atoms with van der Waals surface area (Å²) in [6, 6.07) is 5.97. The van der Waals surface area contributed by atoms with Crippen molar-refractivity contribution in [3.63, 3.8) is 0 Å². The minimum Gasteiger partial charge on any atom is -0.508 e. The van der Waals surface area contributed by atoms with Crippen molar-refractivity contribution in [2.45, 2.75) is 32.7 Å². The first-order valence-corrected chi connectivity index (χ1v) is 7.24. The fourth-order valence-electron chi connectivity index (χ4n) is 2.02. The van der Waals surface area contributed by atoms with E-state index in [-0.39, 0.29) is 6.04 Å². The van der Waals surface area contributed by atoms with Crippen LogP contribution in [0.1, 0.15) is 36.9 Å². The zero-order chi connectivity index (χ0) is 14.8. The summed E-state index contributed by atoms with van der Waals surface area (Å²) >= 11 is 0. The van der Waals surface area contributed by atoms with Gasteiger partial charge in [-0.25, -0.2) is 0 Å². The number of benzene rings is 1. The van der Waals surface area contributed by atoms with E-state index in [4.69, 9.17) is 9.47 Å². The van der Waals surface area contributed by atoms with Crippen molar-refractivity contribution < 1.29 is 14.6 Å². The molecule has 114 valence electrons. The molecule has 0 bridgehead atoms. The Balaban J connectivity index is 2.15. The number of nitrogens with one attached hydrogen (secondary N) is 1. The number of unbranched alkanes of at least 4 members (excludes halogenated alkanes) is 1. The Morgan fingerprint density at radius 2 is 2.00 bits per heavy atom. The average molecular weight is 281 g/mol. The van der Waals surface area contributed by atoms with E-state index >= 15 is 0 Å². The summed E-state index contributed by atoms with van der Waals surface area (Å²) in [7, 11) is 1.68. The second kappa shape index (κ2) is 9.75. The molecule has 0 aliphatic heterocycles. The first kappa shape index (κ1) is 17.0. The van der Waals surface area contributed by atoms with Crippen LogP contribution in [0, 0.1) is 6.92 Å². The van der Waals surface area contributed by atoms with Crippen molar-refractivity contribution in [2.75, 3.05) is 33.5 Å². The molecule has 1 aromatic carbocycles. The van der Waals surface area contributed by atoms with Crippen LogP contribution in [0.25, 0.3) is 0 Å². The molecule has 0 saturated carbocycles. The highest BCUT2D eigenvalue weighted by atomic mass is 16.5. The Hall–Kier alpha value is -1.10. The summed E-state index contributed by atoms with van der Waals surface area (Å²) in [6.07, 6.45) is 2.09. The van der Waals surface area contributed by atoms with E-state index in [2.05, 4.69) is 12.2 Å². The Morgan fingerprint density at radius 1 is 1.20 bits per heavy atom. The lowest BCUT2D eigenvalue weighted by Crippen LogP contribution is -2.20. The number of aryl methyl sites for hydroxylation is 1. The van der Waals surface area contributed by atoms with Gasteiger partial charge in [0.05, 0.1) is 13.2 Å². The molecular weight excluding hydrogens is 254 g/mol. The Labute approximate surface area is 122 Å². The summed E-state index contributed by atoms with van der Waals surface area (Å²) in [5, 5.41) is 13.3. The van der Waals surface area contributed by atoms with Gasteiger partial charge >= 0.3 is 0 Å². The molecular formula is C16H27NO3. The number of phenols is 1. The average Bonchev–Trinajstić information content (AvgIpc) is 2.41. The van der Waals surface area contributed by atoms with Crippen LogP contribution in [0.4, 0.5) is 0 Å². The summed E-state index contributed by atoms with van der Waals surface area (Å²) in [6.45, 7) is 7.06. The van der Waals surface area contributed by atoms with E-state index in [1.165, 1.54) is 0 Å². The largest absolute Gasteiger partial charge is 0.508 e. The van der Waals surface area contributed by atoms with E-state index in [0.717, 1.165) is 37.1 Å². The number of methoxy groups -OCH3 is 1. The van der Waals surface area contributed by atoms with Crippen molar-refractivity contribution in [1.82, 2.24) is 5.32 Å². The third-order valence-corrected chi connectivity index (χ3v) is 3.25. The van der Waals surface area contributed by atoms with Crippen molar-refractivity contribution >= 4 is 0 Å². The van der Waals surface area contributed by atoms with Crippen LogP contribution in [-0.2, 0) is 9.47 Å². The van der Waals surface area contributed by atoms with Crippen LogP contribution < -0.4 is 5.32 Å². The minimum absolute atomic E-state index is 0.157. The lowest BCUT2D eigenvalue weighted by Gasteiger charge is -2.16. The monoisotopic (exact) mass is 281 g/mol. The molecule has 2 N–H and O–H groups in total. The van der Waals surface area contributed by atoms with Gasteiger partial charge in [-0.05, 0) is 44.9 Å². The maximum Gasteiger partial charge on any atom is 0.120 e. The molecule has 1 unspecified atom stereocenters. The van der Waals surface area contributed by atoms with Gasteiger partial charge in [0.25, 0.3) is 0 Å². The van der Waals surface area contributed by atoms with E-state index in [0.29, 0.717) is 19.0 Å². The minimum atomic E-state index is 0.157. The molecule has 0 spiro atoms. The number of hydrogen-bond donors (Lipinski definition) is 2. The molecule has 0 aliphatic carbocycles. The third-order valence-electron chi connectivity index (χ3n) is 3.25. The van der Waals surface area contributed by atoms with Crippen LogP contribution in [0.15, 0.2) is 18.2 Å². The summed E-state index contributed by atoms with van der Waals surface area (Å²) < 4.78 is 10.3. The fraction of sp³-hybridized carbons (Fsp3) is 0.625. The number of hydrogen-bond acceptors (Lipinski definition) is 4. The lowest BCUT2D eigenvalue weighted by atomic mass is 10.0. The number of aromatic hydroxyl groups is 1. The first-order chi connectivity index (χ1) is 9.65. The molecule has 4 heteroatoms. The van der Waals surface area contributed by atoms with Crippen molar-refractivity contribution in [2.24, 2.45) is 0 Å². The molecule has 0 fully saturated rings. The molecule has 0 aliphatic rings. The molecule has 0 heterocycles. The predicted molar refractivity (Wildman–Crippen MR) is 81.2 cm³/mol. The van der Waals surface area contributed by atoms with Gasteiger partial charge in [-0.3, -0.25) is 0 Å². The van der Waals surface area contributed by atoms with Crippen LogP contribution in [0.5, 0.6) is 5.75 Å². The van der Waals surface area contributed by atoms with Crippen molar-refractivity contribution in [3.8, 4) is 5.75 Å². The van der Waals surface area contributed by atoms with Crippen molar-refractivity contribution in [3.05, 3.63) is 29.3 Å². The van der Waals surface area contributed by atoms with E-state index in [9.17, 15) is 5.11 Å². The van der Waals surface area contributed by atoms with Gasteiger partial charge in [0.15, 0.2) is 0 Å². The van der Waals surface area contributed by atoms with E-state index in [1.54, 1.807) is 13.2 Å². The first-order valence-electron chi connectivity index (χ1n) is 7.24. The summed E-state index contributed by atoms with van der Waals surface area (Å²) in [5.74, 6) is 0.368. The van der Waals surface area contributed by atoms with Gasteiger partial charge in [-0.15, -0.1) is 0 Å². The SMILES string of the molecule is COCCOCCCCNC(C)c1ccc(C)cc1O. The zero-order valence-electron chi connectivity index (χ0n) is 12.8. The molecule has 0 saturated heterocycles. The van der Waals surface area contributed by atoms with Gasteiger partial charge in [-0.1, -0.05) is 12.1 Å². The fourth-order valence-corrected chi connectivity index (χ4v) is 2.02. The summed E-state index contributed by atoms with van der Waals surface area (Å²) in [5.41, 5.74) is 2.03. The van der Waals surface area contributed by atoms with Crippen molar-refractivity contribution in [1.29, 1.82) is 0 Å². The molecule has 0 amide bonds. The smallest absolute Gasteiger partial charge is 0.120 e. The molecule has 4 nitrogen and oxygen atoms in total. The predicted octanol–water partition coefficient (Wildman–Crippen LogP) is 2.79. The quantitative estimate of drug-likeness (QED) is 0.648. The number of phenolic OH excluding ortho intramolecular Hbond substituents is 1. The Bertz CT molecular complexity index is 382. The highest BCUT2D eigenvalue weighted by Crippen LogP contribution is 2.24. The normalized spacial score (nSPS) is 12.6. The van der Waals surface area contributed by atoms with Gasteiger partial charge < -0.3 is 19.9 Å². The molecule has 1 rings (SSSR count). The molecule has 0 radical (unpaired) electrons. The van der Waals surface area contributed by atoms with Crippen LogP contribution in [0.3, 0.4) is 0 Å². The number of rotatable bonds is 10. The topological polar surface area (TPSA) is 50.7 Å². The molecule has 1 aromatic rings. The maximum absolute atomic E-state index is 9.91. The highest BCUT2D eigenvalue weighted by molar-refractivity contribution is 5.37. The summed E-state index contributed by atoms with van der Waals surface area (Å²) in [4.78, 5) is 0. The lowest BCUT2D eigenvalue weighted by molar-refractivity contribution is 0.0687. The van der Waals surface area contributed by atoms with Crippen LogP contribution in [0.2, 0.25) is 0 Å². The Kier molecular flexibility index (Phi) is 8.26. The highest BCUT2D eigenvalue weighted by Gasteiger charge is 2.09. The third kappa shape index (κ3) is 6.37. The number of ether oxygens (including phenoxy) is 2. The second-order valence-electron chi connectivity index (χ2n) is 5.05. The molecule has 20 heavy (non-hydrogen) atoms. The van der Waals surface area contributed by atoms with Gasteiger partial charge in [0.2, 0.25) is 0 Å². The van der Waals surface area contributed by atoms with Crippen LogP contribution in [-0.4, -0.2) is 38.6 Å². The van der Waals surface area contributed by atoms with E-state index < -0.39 is 0 Å². The maximum atomic E-state index is 9.91. The van der Waals surface area contributed by atoms with Crippen LogP contribution >= 0.6 is 0 Å². The standard InChI is InChI=1S/C16H27NO3/c1-13-6-7-15(16(18)12-13)14(2)17-8-4-5-9-20-11-10-19-3/h6-7,12,14,17-18H,4-5,8-11H2,1-3H3.